The molecule has 2 aromatic carbocycles. The van der Waals surface area contributed by atoms with E-state index in [1.807, 2.05) is 6.07 Å². The van der Waals surface area contributed by atoms with Gasteiger partial charge in [-0.3, -0.25) is 4.79 Å². The summed E-state index contributed by atoms with van der Waals surface area (Å²) >= 11 is 0. The number of aliphatic carboxylic acids is 1. The van der Waals surface area contributed by atoms with Crippen LogP contribution < -0.4 is 9.47 Å². The van der Waals surface area contributed by atoms with Gasteiger partial charge in [-0.25, -0.2) is 0 Å². The van der Waals surface area contributed by atoms with E-state index in [1.165, 1.54) is 33.4 Å². The summed E-state index contributed by atoms with van der Waals surface area (Å²) in [4.78, 5) is 22.1. The molecule has 34 heavy (non-hydrogen) atoms. The second-order valence-electron chi connectivity index (χ2n) is 9.40. The van der Waals surface area contributed by atoms with Gasteiger partial charge in [-0.2, -0.15) is 13.5 Å². The Balaban J connectivity index is 0.000000180. The van der Waals surface area contributed by atoms with Crippen LogP contribution >= 0.6 is 13.5 Å². The molecule has 1 N–H and O–H groups in total. The minimum Gasteiger partial charge on any atom is -0.493 e. The van der Waals surface area contributed by atoms with E-state index in [1.54, 1.807) is 6.92 Å². The fourth-order valence-electron chi connectivity index (χ4n) is 6.07. The van der Waals surface area contributed by atoms with Crippen LogP contribution in [0.15, 0.2) is 24.3 Å². The van der Waals surface area contributed by atoms with E-state index in [0.29, 0.717) is 18.1 Å². The van der Waals surface area contributed by atoms with Crippen molar-refractivity contribution in [2.45, 2.75) is 77.6 Å². The summed E-state index contributed by atoms with van der Waals surface area (Å²) in [5.41, 5.74) is 8.12. The van der Waals surface area contributed by atoms with E-state index in [0.717, 1.165) is 63.2 Å². The van der Waals surface area contributed by atoms with Gasteiger partial charge < -0.3 is 19.4 Å². The zero-order valence-corrected chi connectivity index (χ0v) is 20.1. The first-order valence-corrected chi connectivity index (χ1v) is 11.8. The maximum atomic E-state index is 11.3. The number of ketones is 1. The Hall–Kier alpha value is -2.47. The third-order valence-corrected chi connectivity index (χ3v) is 7.32. The fourth-order valence-corrected chi connectivity index (χ4v) is 6.07. The van der Waals surface area contributed by atoms with Crippen LogP contribution in [-0.4, -0.2) is 30.1 Å². The standard InChI is InChI=1S/C14H16O2.C13H14O3.CH4.H2S/c1-9(15)8-11-3-2-10-4-5-13-12(14(10)11)6-7-16-13;14-12(15)7-9-2-1-8-3-4-11-10(13(8)9)5-6-16-11;;/h4-5,11H,2-3,6-8H2,1H3;3-4,9H,1-2,5-7H2,(H,14,15);1H4;1H2/t11-;9-;;/m00../s1. The zero-order chi connectivity index (χ0) is 22.2. The van der Waals surface area contributed by atoms with Crippen molar-refractivity contribution in [1.82, 2.24) is 0 Å². The summed E-state index contributed by atoms with van der Waals surface area (Å²) < 4.78 is 11.1. The molecule has 5 nitrogen and oxygen atoms in total. The number of ether oxygens (including phenoxy) is 2. The number of Topliss-reactive ketones (excluding diaryl/α,β-unsaturated/α-hetero) is 1. The Bertz CT molecular complexity index is 991. The third kappa shape index (κ3) is 4.97. The van der Waals surface area contributed by atoms with E-state index < -0.39 is 5.97 Å². The lowest BCUT2D eigenvalue weighted by molar-refractivity contribution is -0.137. The molecule has 2 atom stereocenters. The molecule has 0 radical (unpaired) electrons. The summed E-state index contributed by atoms with van der Waals surface area (Å²) in [6.45, 7) is 3.24. The average Bonchev–Trinajstić information content (AvgIpc) is 3.52. The summed E-state index contributed by atoms with van der Waals surface area (Å²) in [6, 6.07) is 8.41. The van der Waals surface area contributed by atoms with Gasteiger partial charge in [0, 0.05) is 30.4 Å². The number of carboxylic acids is 1. The van der Waals surface area contributed by atoms with Crippen molar-refractivity contribution in [1.29, 1.82) is 0 Å². The Kier molecular flexibility index (Phi) is 8.34. The molecule has 6 rings (SSSR count). The Labute approximate surface area is 209 Å². The number of benzene rings is 2. The summed E-state index contributed by atoms with van der Waals surface area (Å²) in [5, 5.41) is 8.92. The van der Waals surface area contributed by atoms with E-state index in [2.05, 4.69) is 18.2 Å². The number of aryl methyl sites for hydroxylation is 2. The summed E-state index contributed by atoms with van der Waals surface area (Å²) in [6.07, 6.45) is 7.15. The van der Waals surface area contributed by atoms with Crippen LogP contribution in [0.3, 0.4) is 0 Å². The van der Waals surface area contributed by atoms with Crippen molar-refractivity contribution in [2.24, 2.45) is 0 Å². The summed E-state index contributed by atoms with van der Waals surface area (Å²) in [7, 11) is 0. The smallest absolute Gasteiger partial charge is 0.303 e. The number of fused-ring (bicyclic) bond motifs is 6. The molecular weight excluding hydrogens is 448 g/mol. The van der Waals surface area contributed by atoms with E-state index in [-0.39, 0.29) is 33.3 Å². The molecule has 0 saturated carbocycles. The first-order valence-electron chi connectivity index (χ1n) is 11.8. The van der Waals surface area contributed by atoms with Crippen LogP contribution in [0, 0.1) is 0 Å². The van der Waals surface area contributed by atoms with Crippen LogP contribution in [0.5, 0.6) is 11.5 Å². The van der Waals surface area contributed by atoms with Crippen LogP contribution in [-0.2, 0) is 35.3 Å². The Morgan fingerprint density at radius 2 is 1.29 bits per heavy atom. The van der Waals surface area contributed by atoms with E-state index >= 15 is 0 Å². The van der Waals surface area contributed by atoms with Gasteiger partial charge in [0.1, 0.15) is 17.3 Å². The monoisotopic (exact) mass is 484 g/mol. The number of carbonyl (C=O) groups is 2. The van der Waals surface area contributed by atoms with Gasteiger partial charge in [0.25, 0.3) is 0 Å². The molecule has 2 aliphatic heterocycles. The fraction of sp³-hybridized carbons (Fsp3) is 0.500. The van der Waals surface area contributed by atoms with Crippen molar-refractivity contribution < 1.29 is 24.2 Å². The maximum absolute atomic E-state index is 11.3. The number of carbonyl (C=O) groups excluding carboxylic acids is 1. The molecule has 4 aliphatic rings. The Morgan fingerprint density at radius 3 is 1.74 bits per heavy atom. The molecule has 2 heterocycles. The molecule has 0 fully saturated rings. The van der Waals surface area contributed by atoms with Gasteiger partial charge in [0.2, 0.25) is 0 Å². The van der Waals surface area contributed by atoms with Gasteiger partial charge in [-0.05, 0) is 78.8 Å². The summed E-state index contributed by atoms with van der Waals surface area (Å²) in [5.74, 6) is 2.27. The average molecular weight is 485 g/mol. The molecule has 2 aromatic rings. The van der Waals surface area contributed by atoms with Gasteiger partial charge in [0.15, 0.2) is 0 Å². The number of rotatable bonds is 4. The topological polar surface area (TPSA) is 72.8 Å². The number of carboxylic acid groups (broad SMARTS) is 1. The van der Waals surface area contributed by atoms with Crippen molar-refractivity contribution in [3.8, 4) is 11.5 Å². The van der Waals surface area contributed by atoms with Gasteiger partial charge in [-0.1, -0.05) is 19.6 Å². The lowest BCUT2D eigenvalue weighted by atomic mass is 9.91. The van der Waals surface area contributed by atoms with Crippen molar-refractivity contribution in [3.05, 3.63) is 57.6 Å². The van der Waals surface area contributed by atoms with E-state index in [9.17, 15) is 9.59 Å². The molecule has 2 aliphatic carbocycles. The van der Waals surface area contributed by atoms with Crippen molar-refractivity contribution in [3.63, 3.8) is 0 Å². The zero-order valence-electron chi connectivity index (χ0n) is 19.1. The first kappa shape index (κ1) is 26.1. The normalized spacial score (nSPS) is 20.1. The second kappa shape index (κ2) is 10.9. The second-order valence-corrected chi connectivity index (χ2v) is 9.40. The molecule has 0 bridgehead atoms. The van der Waals surface area contributed by atoms with Crippen LogP contribution in [0.1, 0.15) is 85.3 Å². The minimum absolute atomic E-state index is 0. The number of hydrogen-bond acceptors (Lipinski definition) is 4. The van der Waals surface area contributed by atoms with E-state index in [4.69, 9.17) is 14.6 Å². The molecule has 6 heteroatoms. The Morgan fingerprint density at radius 1 is 0.824 bits per heavy atom. The maximum Gasteiger partial charge on any atom is 0.303 e. The highest BCUT2D eigenvalue weighted by Gasteiger charge is 2.31. The SMILES string of the molecule is C.CC(=O)C[C@@H]1CCc2ccc3c(c21)CCO3.O=C(O)C[C@@H]1CCc2ccc3c(c21)CCO3.S. The first-order chi connectivity index (χ1) is 15.5. The molecule has 0 spiro atoms. The van der Waals surface area contributed by atoms with Gasteiger partial charge >= 0.3 is 5.97 Å². The molecular formula is C28H36O5S. The molecule has 0 amide bonds. The number of hydrogen-bond donors (Lipinski definition) is 1. The molecule has 0 aromatic heterocycles. The lowest BCUT2D eigenvalue weighted by Gasteiger charge is -2.13. The molecule has 0 unspecified atom stereocenters. The quantitative estimate of drug-likeness (QED) is 0.620. The van der Waals surface area contributed by atoms with Crippen molar-refractivity contribution >= 4 is 25.2 Å². The lowest BCUT2D eigenvalue weighted by Crippen LogP contribution is -2.05. The van der Waals surface area contributed by atoms with Crippen LogP contribution in [0.2, 0.25) is 0 Å². The van der Waals surface area contributed by atoms with Crippen LogP contribution in [0.4, 0.5) is 0 Å². The van der Waals surface area contributed by atoms with Gasteiger partial charge in [-0.15, -0.1) is 0 Å². The highest BCUT2D eigenvalue weighted by molar-refractivity contribution is 7.59. The molecule has 0 saturated heterocycles. The molecule has 184 valence electrons. The predicted molar refractivity (Wildman–Crippen MR) is 138 cm³/mol. The third-order valence-electron chi connectivity index (χ3n) is 7.32. The van der Waals surface area contributed by atoms with Gasteiger partial charge in [0.05, 0.1) is 19.6 Å². The highest BCUT2D eigenvalue weighted by atomic mass is 32.1. The van der Waals surface area contributed by atoms with Crippen LogP contribution in [0.25, 0.3) is 0 Å². The highest BCUT2D eigenvalue weighted by Crippen LogP contribution is 2.44. The predicted octanol–water partition coefficient (Wildman–Crippen LogP) is 5.51. The minimum atomic E-state index is -0.700. The largest absolute Gasteiger partial charge is 0.493 e. The van der Waals surface area contributed by atoms with Crippen molar-refractivity contribution in [2.75, 3.05) is 13.2 Å².